The predicted octanol–water partition coefficient (Wildman–Crippen LogP) is 0.831. The Balaban J connectivity index is 2.59. The van der Waals surface area contributed by atoms with Gasteiger partial charge in [0.1, 0.15) is 12.4 Å². The fourth-order valence-corrected chi connectivity index (χ4v) is 1.15. The lowest BCUT2D eigenvalue weighted by Crippen LogP contribution is -2.01. The van der Waals surface area contributed by atoms with Gasteiger partial charge in [-0.3, -0.25) is 0 Å². The Morgan fingerprint density at radius 2 is 2.38 bits per heavy atom. The first-order valence-electron chi connectivity index (χ1n) is 4.45. The normalized spacial score (nSPS) is 9.38. The molecule has 0 aliphatic carbocycles. The molecule has 0 unspecified atom stereocenters. The Kier molecular flexibility index (Phi) is 4.07. The van der Waals surface area contributed by atoms with E-state index in [0.717, 1.165) is 18.8 Å². The Morgan fingerprint density at radius 1 is 1.54 bits per heavy atom. The van der Waals surface area contributed by atoms with Crippen molar-refractivity contribution in [2.45, 2.75) is 26.3 Å². The van der Waals surface area contributed by atoms with Gasteiger partial charge in [-0.1, -0.05) is 18.8 Å². The van der Waals surface area contributed by atoms with Crippen LogP contribution in [-0.4, -0.2) is 21.3 Å². The van der Waals surface area contributed by atoms with E-state index < -0.39 is 0 Å². The monoisotopic (exact) mass is 178 g/mol. The van der Waals surface area contributed by atoms with Crippen molar-refractivity contribution in [1.82, 2.24) is 9.55 Å². The number of hydrogen-bond donors (Lipinski definition) is 1. The van der Waals surface area contributed by atoms with Crippen LogP contribution in [0.3, 0.4) is 0 Å². The molecule has 1 N–H and O–H groups in total. The van der Waals surface area contributed by atoms with Gasteiger partial charge in [0, 0.05) is 18.9 Å². The molecule has 0 fully saturated rings. The highest BCUT2D eigenvalue weighted by Crippen LogP contribution is 1.99. The van der Waals surface area contributed by atoms with Crippen LogP contribution in [0.15, 0.2) is 12.4 Å². The molecule has 0 aromatic carbocycles. The van der Waals surface area contributed by atoms with Crippen LogP contribution in [0.25, 0.3) is 0 Å². The molecule has 0 bridgehead atoms. The first-order chi connectivity index (χ1) is 6.38. The van der Waals surface area contributed by atoms with E-state index in [9.17, 15) is 0 Å². The summed E-state index contributed by atoms with van der Waals surface area (Å²) in [4.78, 5) is 4.19. The summed E-state index contributed by atoms with van der Waals surface area (Å²) in [7, 11) is 0. The van der Waals surface area contributed by atoms with Crippen molar-refractivity contribution < 1.29 is 5.11 Å². The summed E-state index contributed by atoms with van der Waals surface area (Å²) in [5.41, 5.74) is 0. The van der Waals surface area contributed by atoms with Crippen LogP contribution in [0.4, 0.5) is 0 Å². The van der Waals surface area contributed by atoms with Gasteiger partial charge < -0.3 is 9.67 Å². The maximum atomic E-state index is 8.47. The van der Waals surface area contributed by atoms with Crippen LogP contribution in [0.2, 0.25) is 0 Å². The summed E-state index contributed by atoms with van der Waals surface area (Å²) in [5.74, 6) is 6.44. The first kappa shape index (κ1) is 9.82. The van der Waals surface area contributed by atoms with Crippen LogP contribution in [0.5, 0.6) is 0 Å². The van der Waals surface area contributed by atoms with Crippen LogP contribution in [0, 0.1) is 11.8 Å². The Hall–Kier alpha value is -1.27. The minimum Gasteiger partial charge on any atom is -0.384 e. The molecule has 1 aromatic heterocycles. The van der Waals surface area contributed by atoms with Gasteiger partial charge in [0.15, 0.2) is 0 Å². The number of rotatable bonds is 3. The molecule has 70 valence electrons. The highest BCUT2D eigenvalue weighted by molar-refractivity contribution is 5.08. The topological polar surface area (TPSA) is 38.0 Å². The molecular weight excluding hydrogens is 164 g/mol. The molecule has 0 aliphatic rings. The largest absolute Gasteiger partial charge is 0.384 e. The standard InChI is InChI=1S/C10H14N2O/c1-2-7-12-8-6-11-10(12)5-3-4-9-13/h6,8,13H,2,5,7,9H2,1H3. The van der Waals surface area contributed by atoms with Crippen molar-refractivity contribution in [3.63, 3.8) is 0 Å². The molecule has 3 heteroatoms. The van der Waals surface area contributed by atoms with E-state index in [0.29, 0.717) is 6.42 Å². The van der Waals surface area contributed by atoms with Crippen molar-refractivity contribution in [2.75, 3.05) is 6.61 Å². The molecule has 1 rings (SSSR count). The quantitative estimate of drug-likeness (QED) is 0.696. The van der Waals surface area contributed by atoms with Gasteiger partial charge in [0.2, 0.25) is 0 Å². The highest BCUT2D eigenvalue weighted by atomic mass is 16.2. The molecular formula is C10H14N2O. The van der Waals surface area contributed by atoms with Crippen molar-refractivity contribution in [3.05, 3.63) is 18.2 Å². The Morgan fingerprint density at radius 3 is 3.08 bits per heavy atom. The van der Waals surface area contributed by atoms with Crippen LogP contribution < -0.4 is 0 Å². The zero-order chi connectivity index (χ0) is 9.52. The zero-order valence-corrected chi connectivity index (χ0v) is 7.82. The smallest absolute Gasteiger partial charge is 0.120 e. The van der Waals surface area contributed by atoms with Gasteiger partial charge in [0.05, 0.1) is 6.42 Å². The maximum absolute atomic E-state index is 8.47. The van der Waals surface area contributed by atoms with Gasteiger partial charge in [-0.05, 0) is 6.42 Å². The van der Waals surface area contributed by atoms with E-state index in [-0.39, 0.29) is 6.61 Å². The fourth-order valence-electron chi connectivity index (χ4n) is 1.15. The van der Waals surface area contributed by atoms with Gasteiger partial charge in [0.25, 0.3) is 0 Å². The SMILES string of the molecule is CCCn1ccnc1CC#CCO. The molecule has 1 aromatic rings. The lowest BCUT2D eigenvalue weighted by atomic mass is 10.4. The van der Waals surface area contributed by atoms with E-state index >= 15 is 0 Å². The lowest BCUT2D eigenvalue weighted by Gasteiger charge is -2.01. The fraction of sp³-hybridized carbons (Fsp3) is 0.500. The van der Waals surface area contributed by atoms with E-state index in [1.165, 1.54) is 0 Å². The van der Waals surface area contributed by atoms with Gasteiger partial charge in [-0.15, -0.1) is 0 Å². The second kappa shape index (κ2) is 5.39. The molecule has 1 heterocycles. The minimum atomic E-state index is -0.0749. The molecule has 0 spiro atoms. The summed E-state index contributed by atoms with van der Waals surface area (Å²) >= 11 is 0. The Labute approximate surface area is 78.4 Å². The third kappa shape index (κ3) is 2.92. The van der Waals surface area contributed by atoms with Crippen molar-refractivity contribution in [1.29, 1.82) is 0 Å². The van der Waals surface area contributed by atoms with Crippen LogP contribution >= 0.6 is 0 Å². The third-order valence-corrected chi connectivity index (χ3v) is 1.72. The number of nitrogens with zero attached hydrogens (tertiary/aromatic N) is 2. The molecule has 13 heavy (non-hydrogen) atoms. The maximum Gasteiger partial charge on any atom is 0.120 e. The van der Waals surface area contributed by atoms with Crippen LogP contribution in [0.1, 0.15) is 19.2 Å². The average Bonchev–Trinajstić information content (AvgIpc) is 2.54. The number of aromatic nitrogens is 2. The van der Waals surface area contributed by atoms with Gasteiger partial charge >= 0.3 is 0 Å². The van der Waals surface area contributed by atoms with E-state index in [4.69, 9.17) is 5.11 Å². The van der Waals surface area contributed by atoms with Crippen molar-refractivity contribution in [2.24, 2.45) is 0 Å². The number of aliphatic hydroxyl groups is 1. The molecule has 3 nitrogen and oxygen atoms in total. The Bertz CT molecular complexity index is 306. The molecule has 0 saturated carbocycles. The van der Waals surface area contributed by atoms with Gasteiger partial charge in [-0.2, -0.15) is 0 Å². The van der Waals surface area contributed by atoms with E-state index in [2.05, 4.69) is 28.3 Å². The highest BCUT2D eigenvalue weighted by Gasteiger charge is 1.98. The second-order valence-electron chi connectivity index (χ2n) is 2.73. The third-order valence-electron chi connectivity index (χ3n) is 1.72. The molecule has 0 saturated heterocycles. The van der Waals surface area contributed by atoms with Gasteiger partial charge in [-0.25, -0.2) is 4.98 Å². The summed E-state index contributed by atoms with van der Waals surface area (Å²) in [6.45, 7) is 3.04. The molecule has 0 atom stereocenters. The molecule has 0 aliphatic heterocycles. The van der Waals surface area contributed by atoms with Crippen LogP contribution in [-0.2, 0) is 13.0 Å². The molecule has 0 radical (unpaired) electrons. The molecule has 0 amide bonds. The van der Waals surface area contributed by atoms with Crippen molar-refractivity contribution >= 4 is 0 Å². The lowest BCUT2D eigenvalue weighted by molar-refractivity contribution is 0.350. The summed E-state index contributed by atoms with van der Waals surface area (Å²) in [6, 6.07) is 0. The second-order valence-corrected chi connectivity index (χ2v) is 2.73. The van der Waals surface area contributed by atoms with E-state index in [1.54, 1.807) is 6.20 Å². The summed E-state index contributed by atoms with van der Waals surface area (Å²) < 4.78 is 2.09. The number of imidazole rings is 1. The first-order valence-corrected chi connectivity index (χ1v) is 4.45. The average molecular weight is 178 g/mol. The minimum absolute atomic E-state index is 0.0749. The number of aliphatic hydroxyl groups excluding tert-OH is 1. The van der Waals surface area contributed by atoms with E-state index in [1.807, 2.05) is 6.20 Å². The summed E-state index contributed by atoms with van der Waals surface area (Å²) in [5, 5.41) is 8.47. The summed E-state index contributed by atoms with van der Waals surface area (Å²) in [6.07, 6.45) is 5.45. The van der Waals surface area contributed by atoms with Crippen molar-refractivity contribution in [3.8, 4) is 11.8 Å². The number of hydrogen-bond acceptors (Lipinski definition) is 2. The number of aryl methyl sites for hydroxylation is 1. The zero-order valence-electron chi connectivity index (χ0n) is 7.82. The predicted molar refractivity (Wildman–Crippen MR) is 51.1 cm³/mol.